The molecule has 0 amide bonds. The van der Waals surface area contributed by atoms with Crippen LogP contribution in [0.2, 0.25) is 0 Å². The summed E-state index contributed by atoms with van der Waals surface area (Å²) in [6.07, 6.45) is 0. The normalized spacial score (nSPS) is 10.9. The standard InChI is InChI=1S/C15H20O4/c1-8(2)12-6-11(15(17)18)7-13(9(3)4)14(12)19-10(5)16/h6-9H,1-5H3,(H,17,18). The first-order chi connectivity index (χ1) is 8.73. The van der Waals surface area contributed by atoms with E-state index in [0.717, 1.165) is 11.1 Å². The van der Waals surface area contributed by atoms with E-state index in [0.29, 0.717) is 5.75 Å². The molecule has 0 saturated heterocycles. The van der Waals surface area contributed by atoms with Crippen LogP contribution in [0.15, 0.2) is 12.1 Å². The molecule has 0 aliphatic carbocycles. The van der Waals surface area contributed by atoms with Crippen molar-refractivity contribution in [3.63, 3.8) is 0 Å². The molecule has 4 nitrogen and oxygen atoms in total. The van der Waals surface area contributed by atoms with E-state index in [1.54, 1.807) is 12.1 Å². The lowest BCUT2D eigenvalue weighted by Crippen LogP contribution is -2.10. The van der Waals surface area contributed by atoms with E-state index in [1.165, 1.54) is 6.92 Å². The smallest absolute Gasteiger partial charge is 0.335 e. The van der Waals surface area contributed by atoms with Gasteiger partial charge in [0.2, 0.25) is 0 Å². The van der Waals surface area contributed by atoms with Crippen molar-refractivity contribution in [1.29, 1.82) is 0 Å². The van der Waals surface area contributed by atoms with E-state index in [9.17, 15) is 9.59 Å². The molecule has 19 heavy (non-hydrogen) atoms. The molecule has 0 atom stereocenters. The van der Waals surface area contributed by atoms with Gasteiger partial charge >= 0.3 is 11.9 Å². The summed E-state index contributed by atoms with van der Waals surface area (Å²) in [6, 6.07) is 3.16. The third-order valence-electron chi connectivity index (χ3n) is 2.88. The van der Waals surface area contributed by atoms with E-state index < -0.39 is 11.9 Å². The number of carbonyl (C=O) groups is 2. The Hall–Kier alpha value is -1.84. The van der Waals surface area contributed by atoms with Crippen molar-refractivity contribution in [2.75, 3.05) is 0 Å². The first kappa shape index (κ1) is 15.2. The first-order valence-corrected chi connectivity index (χ1v) is 6.33. The van der Waals surface area contributed by atoms with Crippen LogP contribution in [0.25, 0.3) is 0 Å². The number of hydrogen-bond acceptors (Lipinski definition) is 3. The van der Waals surface area contributed by atoms with Crippen LogP contribution in [-0.2, 0) is 4.79 Å². The number of benzene rings is 1. The molecule has 0 spiro atoms. The molecule has 0 aliphatic rings. The lowest BCUT2D eigenvalue weighted by atomic mass is 9.91. The van der Waals surface area contributed by atoms with Gasteiger partial charge in [-0.05, 0) is 35.1 Å². The maximum absolute atomic E-state index is 11.2. The van der Waals surface area contributed by atoms with Gasteiger partial charge in [-0.15, -0.1) is 0 Å². The van der Waals surface area contributed by atoms with Gasteiger partial charge in [0, 0.05) is 6.92 Å². The predicted molar refractivity (Wildman–Crippen MR) is 72.9 cm³/mol. The van der Waals surface area contributed by atoms with Crippen molar-refractivity contribution in [3.8, 4) is 5.75 Å². The highest BCUT2D eigenvalue weighted by atomic mass is 16.5. The highest BCUT2D eigenvalue weighted by Crippen LogP contribution is 2.36. The average Bonchev–Trinajstić information content (AvgIpc) is 2.27. The lowest BCUT2D eigenvalue weighted by Gasteiger charge is -2.19. The first-order valence-electron chi connectivity index (χ1n) is 6.33. The summed E-state index contributed by atoms with van der Waals surface area (Å²) in [7, 11) is 0. The van der Waals surface area contributed by atoms with Crippen LogP contribution in [0.5, 0.6) is 5.75 Å². The Balaban J connectivity index is 3.55. The largest absolute Gasteiger partial charge is 0.478 e. The van der Waals surface area contributed by atoms with Crippen molar-refractivity contribution in [2.45, 2.75) is 46.5 Å². The van der Waals surface area contributed by atoms with E-state index in [2.05, 4.69) is 0 Å². The van der Waals surface area contributed by atoms with Gasteiger partial charge in [-0.25, -0.2) is 4.79 Å². The molecule has 1 aromatic rings. The third-order valence-corrected chi connectivity index (χ3v) is 2.88. The molecule has 0 heterocycles. The van der Waals surface area contributed by atoms with Gasteiger partial charge < -0.3 is 9.84 Å². The summed E-state index contributed by atoms with van der Waals surface area (Å²) < 4.78 is 5.30. The van der Waals surface area contributed by atoms with Crippen LogP contribution in [0.1, 0.15) is 67.9 Å². The molecule has 0 aromatic heterocycles. The molecule has 1 aromatic carbocycles. The van der Waals surface area contributed by atoms with Gasteiger partial charge in [-0.3, -0.25) is 4.79 Å². The fourth-order valence-corrected chi connectivity index (χ4v) is 1.92. The maximum Gasteiger partial charge on any atom is 0.335 e. The second-order valence-electron chi connectivity index (χ2n) is 5.19. The van der Waals surface area contributed by atoms with Crippen LogP contribution in [-0.4, -0.2) is 17.0 Å². The fourth-order valence-electron chi connectivity index (χ4n) is 1.92. The minimum Gasteiger partial charge on any atom is -0.478 e. The zero-order valence-electron chi connectivity index (χ0n) is 12.0. The van der Waals surface area contributed by atoms with Crippen LogP contribution < -0.4 is 4.74 Å². The Morgan fingerprint density at radius 3 is 1.74 bits per heavy atom. The molecule has 0 bridgehead atoms. The zero-order chi connectivity index (χ0) is 14.7. The highest BCUT2D eigenvalue weighted by molar-refractivity contribution is 5.89. The molecule has 104 valence electrons. The summed E-state index contributed by atoms with van der Waals surface area (Å²) in [6.45, 7) is 9.12. The molecule has 1 rings (SSSR count). The number of hydrogen-bond donors (Lipinski definition) is 1. The molecular formula is C15H20O4. The second-order valence-corrected chi connectivity index (χ2v) is 5.19. The molecule has 0 saturated carbocycles. The quantitative estimate of drug-likeness (QED) is 0.667. The van der Waals surface area contributed by atoms with Crippen LogP contribution in [0.3, 0.4) is 0 Å². The zero-order valence-corrected chi connectivity index (χ0v) is 12.0. The van der Waals surface area contributed by atoms with Crippen molar-refractivity contribution < 1.29 is 19.4 Å². The molecule has 1 N–H and O–H groups in total. The van der Waals surface area contributed by atoms with E-state index >= 15 is 0 Å². The van der Waals surface area contributed by atoms with Crippen molar-refractivity contribution >= 4 is 11.9 Å². The molecule has 0 aliphatic heterocycles. The fraction of sp³-hybridized carbons (Fsp3) is 0.467. The number of ether oxygens (including phenoxy) is 1. The Labute approximate surface area is 113 Å². The second kappa shape index (κ2) is 5.87. The van der Waals surface area contributed by atoms with Gasteiger partial charge in [-0.1, -0.05) is 27.7 Å². The third kappa shape index (κ3) is 3.56. The summed E-state index contributed by atoms with van der Waals surface area (Å²) in [5.41, 5.74) is 1.72. The number of carboxylic acid groups (broad SMARTS) is 1. The van der Waals surface area contributed by atoms with Crippen LogP contribution in [0, 0.1) is 0 Å². The van der Waals surface area contributed by atoms with E-state index in [1.807, 2.05) is 27.7 Å². The number of esters is 1. The SMILES string of the molecule is CC(=O)Oc1c(C(C)C)cc(C(=O)O)cc1C(C)C. The summed E-state index contributed by atoms with van der Waals surface area (Å²) in [5.74, 6) is -0.718. The minimum atomic E-state index is -0.974. The number of carbonyl (C=O) groups excluding carboxylic acids is 1. The van der Waals surface area contributed by atoms with E-state index in [-0.39, 0.29) is 17.4 Å². The Morgan fingerprint density at radius 2 is 1.47 bits per heavy atom. The van der Waals surface area contributed by atoms with Crippen molar-refractivity contribution in [2.24, 2.45) is 0 Å². The van der Waals surface area contributed by atoms with Gasteiger partial charge in [0.15, 0.2) is 0 Å². The Bertz CT molecular complexity index is 472. The van der Waals surface area contributed by atoms with Crippen LogP contribution >= 0.6 is 0 Å². The van der Waals surface area contributed by atoms with Crippen molar-refractivity contribution in [1.82, 2.24) is 0 Å². The molecule has 0 fully saturated rings. The highest BCUT2D eigenvalue weighted by Gasteiger charge is 2.20. The minimum absolute atomic E-state index is 0.0751. The average molecular weight is 264 g/mol. The summed E-state index contributed by atoms with van der Waals surface area (Å²) in [5, 5.41) is 9.16. The molecular weight excluding hydrogens is 244 g/mol. The van der Waals surface area contributed by atoms with Gasteiger partial charge in [0.25, 0.3) is 0 Å². The number of carboxylic acids is 1. The Kier molecular flexibility index (Phi) is 4.70. The van der Waals surface area contributed by atoms with Crippen molar-refractivity contribution in [3.05, 3.63) is 28.8 Å². The number of rotatable bonds is 4. The maximum atomic E-state index is 11.2. The summed E-state index contributed by atoms with van der Waals surface area (Å²) in [4.78, 5) is 22.4. The lowest BCUT2D eigenvalue weighted by molar-refractivity contribution is -0.132. The molecule has 4 heteroatoms. The number of aromatic carboxylic acids is 1. The van der Waals surface area contributed by atoms with Gasteiger partial charge in [0.05, 0.1) is 5.56 Å². The van der Waals surface area contributed by atoms with E-state index in [4.69, 9.17) is 9.84 Å². The predicted octanol–water partition coefficient (Wildman–Crippen LogP) is 3.56. The molecule has 0 radical (unpaired) electrons. The topological polar surface area (TPSA) is 63.6 Å². The monoisotopic (exact) mass is 264 g/mol. The van der Waals surface area contributed by atoms with Gasteiger partial charge in [0.1, 0.15) is 5.75 Å². The molecule has 0 unspecified atom stereocenters. The summed E-state index contributed by atoms with van der Waals surface area (Å²) >= 11 is 0. The Morgan fingerprint density at radius 1 is 1.05 bits per heavy atom. The van der Waals surface area contributed by atoms with Gasteiger partial charge in [-0.2, -0.15) is 0 Å². The van der Waals surface area contributed by atoms with Crippen LogP contribution in [0.4, 0.5) is 0 Å².